The molecule has 0 aromatic heterocycles. The lowest BCUT2D eigenvalue weighted by Crippen LogP contribution is -2.21. The van der Waals surface area contributed by atoms with Crippen molar-refractivity contribution in [1.82, 2.24) is 5.43 Å². The van der Waals surface area contributed by atoms with Gasteiger partial charge in [-0.3, -0.25) is 9.59 Å². The molecule has 0 fully saturated rings. The van der Waals surface area contributed by atoms with Gasteiger partial charge in [-0.15, -0.1) is 0 Å². The van der Waals surface area contributed by atoms with Crippen LogP contribution in [-0.2, 0) is 16.2 Å². The number of benzene rings is 3. The molecule has 2 N–H and O–H groups in total. The summed E-state index contributed by atoms with van der Waals surface area (Å²) in [4.78, 5) is 24.3. The first-order valence-electron chi connectivity index (χ1n) is 11.1. The number of rotatable bonds is 10. The lowest BCUT2D eigenvalue weighted by Gasteiger charge is -2.11. The number of anilines is 1. The van der Waals surface area contributed by atoms with Crippen LogP contribution in [0.2, 0.25) is 0 Å². The molecule has 0 aliphatic heterocycles. The summed E-state index contributed by atoms with van der Waals surface area (Å²) < 4.78 is 12.3. The number of methoxy groups -OCH3 is 1. The van der Waals surface area contributed by atoms with Crippen LogP contribution < -0.4 is 20.2 Å². The normalized spacial score (nSPS) is 10.7. The first-order valence-corrected chi connectivity index (χ1v) is 11.9. The van der Waals surface area contributed by atoms with Crippen molar-refractivity contribution in [3.8, 4) is 11.5 Å². The molecule has 8 heteroatoms. The minimum atomic E-state index is -0.348. The molecule has 0 bridgehead atoms. The fraction of sp³-hybridized carbons (Fsp3) is 0.222. The number of carbonyl (C=O) groups excluding carboxylic acids is 2. The second-order valence-electron chi connectivity index (χ2n) is 7.91. The summed E-state index contributed by atoms with van der Waals surface area (Å²) in [6, 6.07) is 19.0. The molecule has 0 aliphatic carbocycles. The molecule has 0 spiro atoms. The molecule has 3 rings (SSSR count). The minimum absolute atomic E-state index is 0.0280. The second-order valence-corrected chi connectivity index (χ2v) is 8.83. The SMILES string of the molecule is COc1cc(C=NNC(=O)CCC(=O)Nc2cccc(C)c2C)ccc1OCc1ccc(Br)cc1. The Balaban J connectivity index is 1.47. The number of halogens is 1. The zero-order valence-corrected chi connectivity index (χ0v) is 21.5. The number of ether oxygens (including phenoxy) is 2. The van der Waals surface area contributed by atoms with Gasteiger partial charge in [-0.25, -0.2) is 5.43 Å². The van der Waals surface area contributed by atoms with Gasteiger partial charge in [-0.1, -0.05) is 40.2 Å². The first-order chi connectivity index (χ1) is 16.9. The van der Waals surface area contributed by atoms with E-state index in [4.69, 9.17) is 9.47 Å². The van der Waals surface area contributed by atoms with Gasteiger partial charge in [0.15, 0.2) is 11.5 Å². The Hall–Kier alpha value is -3.65. The fourth-order valence-electron chi connectivity index (χ4n) is 3.19. The maximum atomic E-state index is 12.2. The molecule has 0 radical (unpaired) electrons. The number of hydrogen-bond acceptors (Lipinski definition) is 5. The number of carbonyl (C=O) groups is 2. The summed E-state index contributed by atoms with van der Waals surface area (Å²) in [5, 5.41) is 6.82. The average Bonchev–Trinajstić information content (AvgIpc) is 2.85. The van der Waals surface area contributed by atoms with Crippen molar-refractivity contribution in [3.05, 3.63) is 87.4 Å². The van der Waals surface area contributed by atoms with Gasteiger partial charge in [-0.2, -0.15) is 5.10 Å². The Morgan fingerprint density at radius 2 is 1.71 bits per heavy atom. The predicted molar refractivity (Wildman–Crippen MR) is 141 cm³/mol. The summed E-state index contributed by atoms with van der Waals surface area (Å²) in [6.45, 7) is 4.34. The van der Waals surface area contributed by atoms with Crippen LogP contribution in [0.4, 0.5) is 5.69 Å². The van der Waals surface area contributed by atoms with Crippen LogP contribution in [0, 0.1) is 13.8 Å². The van der Waals surface area contributed by atoms with Gasteiger partial charge in [-0.05, 0) is 72.5 Å². The van der Waals surface area contributed by atoms with E-state index in [1.165, 1.54) is 6.21 Å². The standard InChI is InChI=1S/C27H28BrN3O4/c1-18-5-4-6-23(19(18)2)30-26(32)13-14-27(33)31-29-16-21-9-12-24(25(15-21)34-3)35-17-20-7-10-22(28)11-8-20/h4-12,15-16H,13-14,17H2,1-3H3,(H,30,32)(H,31,33). The number of amides is 2. The average molecular weight is 538 g/mol. The van der Waals surface area contributed by atoms with Crippen molar-refractivity contribution in [2.75, 3.05) is 12.4 Å². The largest absolute Gasteiger partial charge is 0.493 e. The van der Waals surface area contributed by atoms with Crippen LogP contribution >= 0.6 is 15.9 Å². The Morgan fingerprint density at radius 1 is 0.971 bits per heavy atom. The van der Waals surface area contributed by atoms with Crippen LogP contribution in [0.1, 0.15) is 35.1 Å². The summed E-state index contributed by atoms with van der Waals surface area (Å²) in [5.74, 6) is 0.590. The van der Waals surface area contributed by atoms with Crippen molar-refractivity contribution >= 4 is 39.6 Å². The number of nitrogens with one attached hydrogen (secondary N) is 2. The van der Waals surface area contributed by atoms with E-state index < -0.39 is 0 Å². The van der Waals surface area contributed by atoms with Gasteiger partial charge < -0.3 is 14.8 Å². The van der Waals surface area contributed by atoms with Crippen molar-refractivity contribution in [2.45, 2.75) is 33.3 Å². The highest BCUT2D eigenvalue weighted by atomic mass is 79.9. The van der Waals surface area contributed by atoms with Crippen LogP contribution in [0.15, 0.2) is 70.2 Å². The van der Waals surface area contributed by atoms with Gasteiger partial charge >= 0.3 is 0 Å². The molecule has 0 heterocycles. The summed E-state index contributed by atoms with van der Waals surface area (Å²) >= 11 is 3.42. The number of hydrazone groups is 1. The lowest BCUT2D eigenvalue weighted by molar-refractivity contribution is -0.124. The van der Waals surface area contributed by atoms with E-state index in [2.05, 4.69) is 31.8 Å². The maximum absolute atomic E-state index is 12.2. The Labute approximate surface area is 213 Å². The molecule has 182 valence electrons. The minimum Gasteiger partial charge on any atom is -0.493 e. The van der Waals surface area contributed by atoms with Crippen molar-refractivity contribution in [2.24, 2.45) is 5.10 Å². The zero-order chi connectivity index (χ0) is 25.2. The van der Waals surface area contributed by atoms with E-state index in [0.717, 1.165) is 32.4 Å². The first kappa shape index (κ1) is 26.0. The summed E-state index contributed by atoms with van der Waals surface area (Å²) in [7, 11) is 1.56. The van der Waals surface area contributed by atoms with Gasteiger partial charge in [0.1, 0.15) is 6.61 Å². The van der Waals surface area contributed by atoms with Crippen molar-refractivity contribution in [3.63, 3.8) is 0 Å². The molecule has 35 heavy (non-hydrogen) atoms. The molecule has 0 saturated heterocycles. The Bertz CT molecular complexity index is 1210. The number of aryl methyl sites for hydroxylation is 1. The van der Waals surface area contributed by atoms with Gasteiger partial charge in [0.25, 0.3) is 0 Å². The van der Waals surface area contributed by atoms with Gasteiger partial charge in [0.2, 0.25) is 11.8 Å². The quantitative estimate of drug-likeness (QED) is 0.263. The van der Waals surface area contributed by atoms with Gasteiger partial charge in [0.05, 0.1) is 13.3 Å². The fourth-order valence-corrected chi connectivity index (χ4v) is 3.45. The topological polar surface area (TPSA) is 89.0 Å². The maximum Gasteiger partial charge on any atom is 0.240 e. The monoisotopic (exact) mass is 537 g/mol. The molecule has 7 nitrogen and oxygen atoms in total. The van der Waals surface area contributed by atoms with Crippen LogP contribution in [-0.4, -0.2) is 25.1 Å². The highest BCUT2D eigenvalue weighted by Gasteiger charge is 2.09. The van der Waals surface area contributed by atoms with E-state index in [1.807, 2.05) is 62.4 Å². The number of nitrogens with zero attached hydrogens (tertiary/aromatic N) is 1. The highest BCUT2D eigenvalue weighted by Crippen LogP contribution is 2.28. The summed E-state index contributed by atoms with van der Waals surface area (Å²) in [6.07, 6.45) is 1.60. The zero-order valence-electron chi connectivity index (χ0n) is 19.9. The third-order valence-corrected chi connectivity index (χ3v) is 5.88. The van der Waals surface area contributed by atoms with E-state index in [9.17, 15) is 9.59 Å². The van der Waals surface area contributed by atoms with Crippen molar-refractivity contribution in [1.29, 1.82) is 0 Å². The smallest absolute Gasteiger partial charge is 0.240 e. The molecule has 0 unspecified atom stereocenters. The number of hydrogen-bond donors (Lipinski definition) is 2. The molecule has 3 aromatic rings. The molecule has 0 aliphatic rings. The molecular weight excluding hydrogens is 510 g/mol. The van der Waals surface area contributed by atoms with Crippen LogP contribution in [0.25, 0.3) is 0 Å². The second kappa shape index (κ2) is 12.7. The van der Waals surface area contributed by atoms with Crippen LogP contribution in [0.3, 0.4) is 0 Å². The Morgan fingerprint density at radius 3 is 2.46 bits per heavy atom. The predicted octanol–water partition coefficient (Wildman–Crippen LogP) is 5.52. The lowest BCUT2D eigenvalue weighted by atomic mass is 10.1. The summed E-state index contributed by atoms with van der Waals surface area (Å²) in [5.41, 5.74) is 7.07. The third kappa shape index (κ3) is 7.96. The molecule has 0 atom stereocenters. The molecule has 3 aromatic carbocycles. The van der Waals surface area contributed by atoms with E-state index in [-0.39, 0.29) is 24.7 Å². The highest BCUT2D eigenvalue weighted by molar-refractivity contribution is 9.10. The van der Waals surface area contributed by atoms with Gasteiger partial charge in [0, 0.05) is 23.0 Å². The van der Waals surface area contributed by atoms with E-state index in [0.29, 0.717) is 18.1 Å². The van der Waals surface area contributed by atoms with Crippen molar-refractivity contribution < 1.29 is 19.1 Å². The molecule has 2 amide bonds. The Kier molecular flexibility index (Phi) is 9.43. The molecular formula is C27H28BrN3O4. The van der Waals surface area contributed by atoms with E-state index >= 15 is 0 Å². The van der Waals surface area contributed by atoms with Crippen LogP contribution in [0.5, 0.6) is 11.5 Å². The van der Waals surface area contributed by atoms with E-state index in [1.54, 1.807) is 19.2 Å². The third-order valence-electron chi connectivity index (χ3n) is 5.36. The molecule has 0 saturated carbocycles.